The molecule has 0 fully saturated rings. The first kappa shape index (κ1) is 83.7. The minimum Gasteiger partial charge on any atom is -0.507 e. The van der Waals surface area contributed by atoms with E-state index in [0.717, 1.165) is 79.4 Å². The zero-order chi connectivity index (χ0) is 74.0. The summed E-state index contributed by atoms with van der Waals surface area (Å²) in [4.78, 5) is 79.3. The normalized spacial score (nSPS) is 12.9. The van der Waals surface area contributed by atoms with E-state index in [9.17, 15) is 39.0 Å². The highest BCUT2D eigenvalue weighted by Crippen LogP contribution is 2.44. The molecule has 2 unspecified atom stereocenters. The third-order valence-corrected chi connectivity index (χ3v) is 23.6. The number of carbonyl (C=O) groups excluding carboxylic acids is 6. The summed E-state index contributed by atoms with van der Waals surface area (Å²) in [5, 5.41) is 27.9. The van der Waals surface area contributed by atoms with E-state index in [4.69, 9.17) is 9.47 Å². The van der Waals surface area contributed by atoms with Crippen LogP contribution >= 0.6 is 63.7 Å². The molecular weight excluding hydrogens is 1560 g/mol. The lowest BCUT2D eigenvalue weighted by molar-refractivity contribution is -0.144. The molecule has 0 bridgehead atoms. The number of rotatable bonds is 51. The van der Waals surface area contributed by atoms with Gasteiger partial charge in [-0.1, -0.05) is 281 Å². The summed E-state index contributed by atoms with van der Waals surface area (Å²) in [6, 6.07) is 27.1. The lowest BCUT2D eigenvalue weighted by Gasteiger charge is -2.28. The molecule has 0 aliphatic heterocycles. The van der Waals surface area contributed by atoms with Gasteiger partial charge in [-0.3, -0.25) is 28.8 Å². The number of ketones is 4. The lowest BCUT2D eigenvalue weighted by atomic mass is 9.78. The molecule has 16 heteroatoms. The van der Waals surface area contributed by atoms with Crippen LogP contribution < -0.4 is 10.6 Å². The minimum atomic E-state index is -0.392. The molecule has 0 spiro atoms. The van der Waals surface area contributed by atoms with E-state index in [1.54, 1.807) is 60.7 Å². The summed E-state index contributed by atoms with van der Waals surface area (Å²) in [5.74, 6) is -0.451. The van der Waals surface area contributed by atoms with E-state index >= 15 is 0 Å². The van der Waals surface area contributed by atoms with Gasteiger partial charge in [0.25, 0.3) is 0 Å². The quantitative estimate of drug-likeness (QED) is 0.0161. The van der Waals surface area contributed by atoms with Gasteiger partial charge in [-0.25, -0.2) is 0 Å². The number of unbranched alkanes of at least 4 members (excludes halogenated alkanes) is 28. The van der Waals surface area contributed by atoms with Crippen LogP contribution in [0.2, 0.25) is 0 Å². The van der Waals surface area contributed by atoms with Crippen LogP contribution in [0.4, 0.5) is 22.7 Å². The van der Waals surface area contributed by atoms with Gasteiger partial charge in [-0.05, 0) is 148 Å². The summed E-state index contributed by atoms with van der Waals surface area (Å²) in [6.07, 6.45) is 48.6. The predicted molar refractivity (Wildman–Crippen MR) is 436 cm³/mol. The highest BCUT2D eigenvalue weighted by Gasteiger charge is 2.36. The maximum Gasteiger partial charge on any atom is 0.305 e. The van der Waals surface area contributed by atoms with Gasteiger partial charge in [-0.2, -0.15) is 0 Å². The van der Waals surface area contributed by atoms with Crippen molar-refractivity contribution < 1.29 is 48.5 Å². The Morgan fingerprint density at radius 2 is 0.615 bits per heavy atom. The molecule has 562 valence electrons. The van der Waals surface area contributed by atoms with Crippen molar-refractivity contribution in [3.8, 4) is 11.5 Å². The van der Waals surface area contributed by atoms with Crippen LogP contribution in [0.5, 0.6) is 11.5 Å². The van der Waals surface area contributed by atoms with Crippen LogP contribution in [0.1, 0.15) is 333 Å². The monoisotopic (exact) mass is 1670 g/mol. The second-order valence-electron chi connectivity index (χ2n) is 29.0. The number of benzene rings is 6. The summed E-state index contributed by atoms with van der Waals surface area (Å²) in [5.41, 5.74) is 5.46. The molecule has 2 aliphatic carbocycles. The van der Waals surface area contributed by atoms with Gasteiger partial charge in [0.05, 0.1) is 58.2 Å². The number of ether oxygens (including phenoxy) is 2. The van der Waals surface area contributed by atoms with E-state index < -0.39 is 11.6 Å². The zero-order valence-corrected chi connectivity index (χ0v) is 68.1. The van der Waals surface area contributed by atoms with Crippen molar-refractivity contribution in [2.45, 2.75) is 271 Å². The minimum absolute atomic E-state index is 0.00771. The van der Waals surface area contributed by atoms with Gasteiger partial charge in [0, 0.05) is 65.8 Å². The average molecular weight is 1680 g/mol. The number of aromatic hydroxyl groups is 2. The van der Waals surface area contributed by atoms with E-state index in [1.165, 1.54) is 205 Å². The van der Waals surface area contributed by atoms with E-state index in [1.807, 2.05) is 24.3 Å². The number of phenols is 2. The Morgan fingerprint density at radius 3 is 0.904 bits per heavy atom. The molecule has 0 radical (unpaired) electrons. The van der Waals surface area contributed by atoms with Crippen LogP contribution in [-0.2, 0) is 31.9 Å². The van der Waals surface area contributed by atoms with Crippen molar-refractivity contribution in [1.29, 1.82) is 0 Å². The van der Waals surface area contributed by atoms with E-state index in [-0.39, 0.29) is 81.6 Å². The van der Waals surface area contributed by atoms with Gasteiger partial charge in [0.15, 0.2) is 23.1 Å². The number of halogens is 4. The molecule has 8 rings (SSSR count). The number of nitrogens with one attached hydrogen (secondary N) is 2. The summed E-state index contributed by atoms with van der Waals surface area (Å²) in [6.45, 7) is 5.22. The molecular formula is C88H112Br4N2O10. The molecule has 0 saturated heterocycles. The number of hydrogen-bond donors (Lipinski definition) is 4. The van der Waals surface area contributed by atoms with Crippen molar-refractivity contribution in [2.24, 2.45) is 11.8 Å². The highest BCUT2D eigenvalue weighted by molar-refractivity contribution is 9.11. The van der Waals surface area contributed by atoms with Gasteiger partial charge in [0.1, 0.15) is 11.5 Å². The Labute approximate surface area is 653 Å². The lowest BCUT2D eigenvalue weighted by Crippen LogP contribution is -2.22. The smallest absolute Gasteiger partial charge is 0.305 e. The van der Waals surface area contributed by atoms with Gasteiger partial charge in [-0.15, -0.1) is 0 Å². The van der Waals surface area contributed by atoms with Crippen LogP contribution in [0, 0.1) is 11.8 Å². The largest absolute Gasteiger partial charge is 0.507 e. The fourth-order valence-electron chi connectivity index (χ4n) is 15.2. The maximum absolute atomic E-state index is 13.6. The first-order valence-corrected chi connectivity index (χ1v) is 42.7. The topological polar surface area (TPSA) is 185 Å². The third-order valence-electron chi connectivity index (χ3n) is 21.1. The Bertz CT molecular complexity index is 3500. The molecule has 0 heterocycles. The van der Waals surface area contributed by atoms with Crippen molar-refractivity contribution >= 4 is 122 Å². The fraction of sp³-hybridized carbons (Fsp3) is 0.523. The molecule has 0 amide bonds. The molecule has 4 N–H and O–H groups in total. The molecule has 6 aromatic carbocycles. The Balaban J connectivity index is 0.609. The average Bonchev–Trinajstić information content (AvgIpc) is 0.750. The van der Waals surface area contributed by atoms with Gasteiger partial charge >= 0.3 is 11.9 Å². The fourth-order valence-corrected chi connectivity index (χ4v) is 18.1. The van der Waals surface area contributed by atoms with Gasteiger partial charge < -0.3 is 30.3 Å². The van der Waals surface area contributed by atoms with Crippen LogP contribution in [0.25, 0.3) is 0 Å². The SMILES string of the molecule is CCCCCCC(CCCCCCCCCCCCCCC(=O)OCCc1cc(Br)c(Nc2ccc(O)c3c2C(=O)c2ccccc2C3=O)c(Br)c1)C(CCCCCC)CCCCCCCCCCCCCCC(=O)OCCc1cc(Br)c(Nc2ccc(O)c3c2C(=O)c2ccccc2C3=O)c(Br)c1. The second kappa shape index (κ2) is 45.7. The Kier molecular flexibility index (Phi) is 36.7. The van der Waals surface area contributed by atoms with Crippen molar-refractivity contribution in [1.82, 2.24) is 0 Å². The third kappa shape index (κ3) is 25.6. The van der Waals surface area contributed by atoms with Crippen LogP contribution in [-0.4, -0.2) is 58.5 Å². The first-order valence-electron chi connectivity index (χ1n) is 39.5. The maximum atomic E-state index is 13.6. The highest BCUT2D eigenvalue weighted by atomic mass is 79.9. The number of esters is 2. The molecule has 0 saturated carbocycles. The number of carbonyl (C=O) groups is 6. The zero-order valence-electron chi connectivity index (χ0n) is 61.8. The molecule has 12 nitrogen and oxygen atoms in total. The molecule has 2 aliphatic rings. The van der Waals surface area contributed by atoms with E-state index in [0.29, 0.717) is 59.6 Å². The predicted octanol–water partition coefficient (Wildman–Crippen LogP) is 26.2. The molecule has 2 atom stereocenters. The standard InChI is InChI=1S/C88H112Br4N2O10/c1-3-5-7-29-39-63(41-31-25-21-17-13-9-11-15-19-23-27-33-47-77(97)103-55-53-61-57-69(89)83(70(90)58-61)93-73-49-51-75(95)81-79(73)85(99)65-43-35-37-45-67(65)87(81)101)64(40-30-8-6-4-2)42-32-26-22-18-14-10-12-16-20-24-28-34-48-78(98)104-56-54-62-59-71(91)84(72(92)60-62)94-74-50-52-76(96)82-80(74)86(100)66-44-36-38-46-68(66)88(82)102/h35-38,43-46,49-52,57-60,63-64,93-96H,3-34,39-42,47-48,53-56H2,1-2H3. The molecule has 0 aromatic heterocycles. The number of hydrogen-bond acceptors (Lipinski definition) is 12. The molecule has 104 heavy (non-hydrogen) atoms. The summed E-state index contributed by atoms with van der Waals surface area (Å²) in [7, 11) is 0. The van der Waals surface area contributed by atoms with Gasteiger partial charge in [0.2, 0.25) is 0 Å². The molecule has 6 aromatic rings. The van der Waals surface area contributed by atoms with Crippen molar-refractivity contribution in [3.63, 3.8) is 0 Å². The number of fused-ring (bicyclic) bond motifs is 4. The summed E-state index contributed by atoms with van der Waals surface area (Å²) >= 11 is 14.7. The number of anilines is 4. The first-order chi connectivity index (χ1) is 50.6. The number of phenolic OH excluding ortho intramolecular Hbond substituents is 2. The Hall–Kier alpha value is -5.94. The van der Waals surface area contributed by atoms with Crippen LogP contribution in [0.15, 0.2) is 115 Å². The van der Waals surface area contributed by atoms with Crippen LogP contribution in [0.3, 0.4) is 0 Å². The summed E-state index contributed by atoms with van der Waals surface area (Å²) < 4.78 is 14.2. The van der Waals surface area contributed by atoms with Crippen molar-refractivity contribution in [3.05, 3.63) is 171 Å². The van der Waals surface area contributed by atoms with Crippen molar-refractivity contribution in [2.75, 3.05) is 23.8 Å². The van der Waals surface area contributed by atoms with E-state index in [2.05, 4.69) is 88.2 Å². The second-order valence-corrected chi connectivity index (χ2v) is 32.4. The Morgan fingerprint density at radius 1 is 0.356 bits per heavy atom.